The Bertz CT molecular complexity index is 638. The summed E-state index contributed by atoms with van der Waals surface area (Å²) in [6, 6.07) is 0. The standard InChI is InChI=1S/C15H22N4O.C2H6/c1-2-8-19-14-12(10-16-19)15(20)18-13(17-14)9-11-6-4-3-5-7-11;1-2/h10-11H,2-9H2,1H3,(H,17,18,20);1-2H3. The first-order valence-corrected chi connectivity index (χ1v) is 8.72. The molecule has 1 aliphatic carbocycles. The number of nitrogens with one attached hydrogen (secondary N) is 1. The van der Waals surface area contributed by atoms with Crippen LogP contribution in [0.25, 0.3) is 11.0 Å². The Hall–Kier alpha value is -1.65. The van der Waals surface area contributed by atoms with Crippen LogP contribution in [0.15, 0.2) is 11.0 Å². The molecule has 0 saturated heterocycles. The Kier molecular flexibility index (Phi) is 6.16. The molecule has 1 fully saturated rings. The van der Waals surface area contributed by atoms with Gasteiger partial charge in [-0.1, -0.05) is 52.9 Å². The summed E-state index contributed by atoms with van der Waals surface area (Å²) < 4.78 is 1.84. The predicted octanol–water partition coefficient (Wildman–Crippen LogP) is 3.68. The summed E-state index contributed by atoms with van der Waals surface area (Å²) in [5.41, 5.74) is 0.685. The molecule has 0 atom stereocenters. The SMILES string of the molecule is CC.CCCn1ncc2c(=O)[nH]c(CC3CCCCC3)nc21. The van der Waals surface area contributed by atoms with Gasteiger partial charge in [0, 0.05) is 13.0 Å². The zero-order chi connectivity index (χ0) is 15.9. The highest BCUT2D eigenvalue weighted by atomic mass is 16.1. The van der Waals surface area contributed by atoms with Crippen molar-refractivity contribution in [3.8, 4) is 0 Å². The van der Waals surface area contributed by atoms with Gasteiger partial charge in [-0.05, 0) is 12.3 Å². The normalized spacial score (nSPS) is 15.6. The molecule has 0 unspecified atom stereocenters. The van der Waals surface area contributed by atoms with E-state index in [0.717, 1.165) is 30.9 Å². The maximum absolute atomic E-state index is 12.1. The van der Waals surface area contributed by atoms with Gasteiger partial charge in [-0.3, -0.25) is 4.79 Å². The minimum Gasteiger partial charge on any atom is -0.310 e. The number of rotatable bonds is 4. The smallest absolute Gasteiger partial charge is 0.262 e. The van der Waals surface area contributed by atoms with Gasteiger partial charge >= 0.3 is 0 Å². The molecule has 0 aliphatic heterocycles. The maximum Gasteiger partial charge on any atom is 0.262 e. The summed E-state index contributed by atoms with van der Waals surface area (Å²) in [6.45, 7) is 6.91. The van der Waals surface area contributed by atoms with E-state index in [1.165, 1.54) is 32.1 Å². The van der Waals surface area contributed by atoms with Crippen molar-refractivity contribution in [1.29, 1.82) is 0 Å². The van der Waals surface area contributed by atoms with Gasteiger partial charge in [0.1, 0.15) is 11.2 Å². The molecule has 0 radical (unpaired) electrons. The highest BCUT2D eigenvalue weighted by molar-refractivity contribution is 5.73. The third-order valence-corrected chi connectivity index (χ3v) is 4.20. The van der Waals surface area contributed by atoms with E-state index in [4.69, 9.17) is 0 Å². The number of hydrogen-bond acceptors (Lipinski definition) is 3. The molecule has 0 amide bonds. The van der Waals surface area contributed by atoms with Crippen molar-refractivity contribution in [3.63, 3.8) is 0 Å². The van der Waals surface area contributed by atoms with Crippen molar-refractivity contribution in [2.45, 2.75) is 72.3 Å². The lowest BCUT2D eigenvalue weighted by Crippen LogP contribution is -2.17. The Morgan fingerprint density at radius 1 is 1.27 bits per heavy atom. The summed E-state index contributed by atoms with van der Waals surface area (Å²) in [7, 11) is 0. The third-order valence-electron chi connectivity index (χ3n) is 4.20. The van der Waals surface area contributed by atoms with Crippen molar-refractivity contribution in [1.82, 2.24) is 19.7 Å². The Morgan fingerprint density at radius 3 is 2.68 bits per heavy atom. The lowest BCUT2D eigenvalue weighted by Gasteiger charge is -2.20. The van der Waals surface area contributed by atoms with E-state index in [1.54, 1.807) is 6.20 Å². The molecule has 0 spiro atoms. The van der Waals surface area contributed by atoms with E-state index in [-0.39, 0.29) is 5.56 Å². The molecule has 5 nitrogen and oxygen atoms in total. The fourth-order valence-electron chi connectivity index (χ4n) is 3.15. The fraction of sp³-hybridized carbons (Fsp3) is 0.706. The van der Waals surface area contributed by atoms with E-state index >= 15 is 0 Å². The monoisotopic (exact) mass is 304 g/mol. The second-order valence-corrected chi connectivity index (χ2v) is 5.83. The summed E-state index contributed by atoms with van der Waals surface area (Å²) in [5, 5.41) is 4.87. The summed E-state index contributed by atoms with van der Waals surface area (Å²) in [5.74, 6) is 1.50. The second kappa shape index (κ2) is 8.11. The number of aromatic nitrogens is 4. The van der Waals surface area contributed by atoms with Crippen LogP contribution in [0.5, 0.6) is 0 Å². The largest absolute Gasteiger partial charge is 0.310 e. The molecule has 22 heavy (non-hydrogen) atoms. The average Bonchev–Trinajstić information content (AvgIpc) is 2.94. The number of hydrogen-bond donors (Lipinski definition) is 1. The Labute approximate surface area is 132 Å². The lowest BCUT2D eigenvalue weighted by molar-refractivity contribution is 0.351. The zero-order valence-corrected chi connectivity index (χ0v) is 14.1. The van der Waals surface area contributed by atoms with Gasteiger partial charge in [0.05, 0.1) is 6.20 Å². The minimum absolute atomic E-state index is 0.0526. The molecule has 2 heterocycles. The van der Waals surface area contributed by atoms with E-state index in [2.05, 4.69) is 22.0 Å². The molecule has 3 rings (SSSR count). The zero-order valence-electron chi connectivity index (χ0n) is 14.1. The Morgan fingerprint density at radius 2 is 2.00 bits per heavy atom. The van der Waals surface area contributed by atoms with Gasteiger partial charge in [0.2, 0.25) is 0 Å². The fourth-order valence-corrected chi connectivity index (χ4v) is 3.15. The molecule has 0 bridgehead atoms. The highest BCUT2D eigenvalue weighted by Gasteiger charge is 2.16. The second-order valence-electron chi connectivity index (χ2n) is 5.83. The van der Waals surface area contributed by atoms with Gasteiger partial charge in [0.25, 0.3) is 5.56 Å². The Balaban J connectivity index is 0.000000847. The number of H-pyrrole nitrogens is 1. The van der Waals surface area contributed by atoms with E-state index in [1.807, 2.05) is 18.5 Å². The quantitative estimate of drug-likeness (QED) is 0.937. The predicted molar refractivity (Wildman–Crippen MR) is 90.1 cm³/mol. The third kappa shape index (κ3) is 3.76. The van der Waals surface area contributed by atoms with Crippen LogP contribution in [-0.4, -0.2) is 19.7 Å². The average molecular weight is 304 g/mol. The number of fused-ring (bicyclic) bond motifs is 1. The molecular formula is C17H28N4O. The number of aromatic amines is 1. The number of aryl methyl sites for hydroxylation is 1. The highest BCUT2D eigenvalue weighted by Crippen LogP contribution is 2.25. The first-order chi connectivity index (χ1) is 10.8. The topological polar surface area (TPSA) is 63.6 Å². The van der Waals surface area contributed by atoms with Crippen LogP contribution in [0.3, 0.4) is 0 Å². The van der Waals surface area contributed by atoms with E-state index < -0.39 is 0 Å². The van der Waals surface area contributed by atoms with Gasteiger partial charge in [-0.15, -0.1) is 0 Å². The van der Waals surface area contributed by atoms with Gasteiger partial charge in [0.15, 0.2) is 5.65 Å². The van der Waals surface area contributed by atoms with Crippen LogP contribution in [-0.2, 0) is 13.0 Å². The van der Waals surface area contributed by atoms with Crippen molar-refractivity contribution in [2.75, 3.05) is 0 Å². The van der Waals surface area contributed by atoms with E-state index in [0.29, 0.717) is 11.3 Å². The van der Waals surface area contributed by atoms with Crippen molar-refractivity contribution >= 4 is 11.0 Å². The molecule has 1 aliphatic rings. The molecule has 1 saturated carbocycles. The molecule has 2 aromatic rings. The first-order valence-electron chi connectivity index (χ1n) is 8.72. The van der Waals surface area contributed by atoms with Gasteiger partial charge in [-0.2, -0.15) is 5.10 Å². The van der Waals surface area contributed by atoms with Crippen LogP contribution >= 0.6 is 0 Å². The van der Waals surface area contributed by atoms with Crippen LogP contribution in [0.4, 0.5) is 0 Å². The van der Waals surface area contributed by atoms with Gasteiger partial charge in [-0.25, -0.2) is 9.67 Å². The maximum atomic E-state index is 12.1. The summed E-state index contributed by atoms with van der Waals surface area (Å²) in [4.78, 5) is 19.7. The van der Waals surface area contributed by atoms with E-state index in [9.17, 15) is 4.79 Å². The molecular weight excluding hydrogens is 276 g/mol. The first kappa shape index (κ1) is 16.7. The molecule has 5 heteroatoms. The molecule has 122 valence electrons. The number of nitrogens with zero attached hydrogens (tertiary/aromatic N) is 3. The van der Waals surface area contributed by atoms with Crippen LogP contribution in [0.2, 0.25) is 0 Å². The molecule has 1 N–H and O–H groups in total. The molecule has 2 aromatic heterocycles. The lowest BCUT2D eigenvalue weighted by atomic mass is 9.87. The van der Waals surface area contributed by atoms with Crippen molar-refractivity contribution in [3.05, 3.63) is 22.4 Å². The van der Waals surface area contributed by atoms with Crippen molar-refractivity contribution < 1.29 is 0 Å². The minimum atomic E-state index is -0.0526. The van der Waals surface area contributed by atoms with Crippen molar-refractivity contribution in [2.24, 2.45) is 5.92 Å². The van der Waals surface area contributed by atoms with Crippen LogP contribution in [0, 0.1) is 5.92 Å². The summed E-state index contributed by atoms with van der Waals surface area (Å²) in [6.07, 6.45) is 10.00. The molecule has 0 aromatic carbocycles. The van der Waals surface area contributed by atoms with Crippen LogP contribution < -0.4 is 5.56 Å². The van der Waals surface area contributed by atoms with Crippen LogP contribution in [0.1, 0.15) is 65.1 Å². The summed E-state index contributed by atoms with van der Waals surface area (Å²) >= 11 is 0. The van der Waals surface area contributed by atoms with Gasteiger partial charge < -0.3 is 4.98 Å².